The predicted octanol–water partition coefficient (Wildman–Crippen LogP) is 3.96. The number of carbonyl (C=O) groups excluding carboxylic acids is 1. The first-order valence-corrected chi connectivity index (χ1v) is 5.72. The monoisotopic (exact) mass is 184 g/mol. The van der Waals surface area contributed by atoms with Gasteiger partial charge in [0, 0.05) is 12.8 Å². The van der Waals surface area contributed by atoms with Crippen molar-refractivity contribution in [2.75, 3.05) is 0 Å². The lowest BCUT2D eigenvalue weighted by atomic mass is 9.97. The van der Waals surface area contributed by atoms with E-state index in [-0.39, 0.29) is 0 Å². The van der Waals surface area contributed by atoms with Gasteiger partial charge in [-0.3, -0.25) is 4.79 Å². The fourth-order valence-electron chi connectivity index (χ4n) is 1.66. The second kappa shape index (κ2) is 8.28. The van der Waals surface area contributed by atoms with E-state index < -0.39 is 0 Å². The predicted molar refractivity (Wildman–Crippen MR) is 57.8 cm³/mol. The van der Waals surface area contributed by atoms with Crippen LogP contribution in [0.2, 0.25) is 0 Å². The molecule has 78 valence electrons. The van der Waals surface area contributed by atoms with E-state index >= 15 is 0 Å². The van der Waals surface area contributed by atoms with Crippen LogP contribution in [0.25, 0.3) is 0 Å². The van der Waals surface area contributed by atoms with E-state index in [4.69, 9.17) is 0 Å². The Kier molecular flexibility index (Phi) is 8.07. The van der Waals surface area contributed by atoms with Gasteiger partial charge in [-0.15, -0.1) is 0 Å². The third-order valence-corrected chi connectivity index (χ3v) is 2.42. The summed E-state index contributed by atoms with van der Waals surface area (Å²) in [5, 5.41) is 0. The van der Waals surface area contributed by atoms with E-state index in [9.17, 15) is 4.79 Å². The minimum absolute atomic E-state index is 0.467. The third-order valence-electron chi connectivity index (χ3n) is 2.42. The molecule has 0 aromatic rings. The lowest BCUT2D eigenvalue weighted by molar-refractivity contribution is -0.120. The van der Waals surface area contributed by atoms with Crippen molar-refractivity contribution < 1.29 is 4.79 Å². The highest BCUT2D eigenvalue weighted by Gasteiger charge is 2.07. The van der Waals surface area contributed by atoms with Crippen molar-refractivity contribution in [3.05, 3.63) is 0 Å². The molecule has 1 heteroatoms. The number of ketones is 1. The Hall–Kier alpha value is -0.330. The van der Waals surface area contributed by atoms with Gasteiger partial charge in [0.1, 0.15) is 5.78 Å². The number of hydrogen-bond donors (Lipinski definition) is 0. The Bertz CT molecular complexity index is 129. The summed E-state index contributed by atoms with van der Waals surface area (Å²) < 4.78 is 0. The van der Waals surface area contributed by atoms with Gasteiger partial charge in [-0.05, 0) is 12.3 Å². The van der Waals surface area contributed by atoms with E-state index in [2.05, 4.69) is 20.8 Å². The maximum atomic E-state index is 11.4. The molecular weight excluding hydrogens is 160 g/mol. The molecule has 0 radical (unpaired) electrons. The molecule has 0 saturated heterocycles. The topological polar surface area (TPSA) is 17.1 Å². The van der Waals surface area contributed by atoms with Crippen LogP contribution >= 0.6 is 0 Å². The molecule has 0 heterocycles. The molecule has 0 aliphatic heterocycles. The summed E-state index contributed by atoms with van der Waals surface area (Å²) in [6.45, 7) is 6.53. The average Bonchev–Trinajstić information content (AvgIpc) is 2.05. The first-order chi connectivity index (χ1) is 6.20. The summed E-state index contributed by atoms with van der Waals surface area (Å²) in [7, 11) is 0. The number of unbranched alkanes of at least 4 members (excludes halogenated alkanes) is 2. The number of rotatable bonds is 8. The molecule has 0 aromatic heterocycles. The Balaban J connectivity index is 3.38. The van der Waals surface area contributed by atoms with Crippen LogP contribution in [-0.4, -0.2) is 5.78 Å². The Labute approximate surface area is 82.9 Å². The Morgan fingerprint density at radius 1 is 1.15 bits per heavy atom. The van der Waals surface area contributed by atoms with Crippen LogP contribution in [-0.2, 0) is 4.79 Å². The van der Waals surface area contributed by atoms with E-state index in [1.54, 1.807) is 0 Å². The minimum Gasteiger partial charge on any atom is -0.300 e. The van der Waals surface area contributed by atoms with Crippen LogP contribution in [0.4, 0.5) is 0 Å². The summed E-state index contributed by atoms with van der Waals surface area (Å²) >= 11 is 0. The van der Waals surface area contributed by atoms with Crippen molar-refractivity contribution in [3.63, 3.8) is 0 Å². The van der Waals surface area contributed by atoms with E-state index in [0.717, 1.165) is 19.3 Å². The fourth-order valence-corrected chi connectivity index (χ4v) is 1.66. The molecular formula is C12H24O. The zero-order valence-corrected chi connectivity index (χ0v) is 9.44. The van der Waals surface area contributed by atoms with Crippen molar-refractivity contribution in [2.24, 2.45) is 5.92 Å². The van der Waals surface area contributed by atoms with Gasteiger partial charge in [0.05, 0.1) is 0 Å². The van der Waals surface area contributed by atoms with Crippen molar-refractivity contribution in [1.82, 2.24) is 0 Å². The molecule has 0 aliphatic rings. The summed E-state index contributed by atoms with van der Waals surface area (Å²) in [6.07, 6.45) is 7.50. The quantitative estimate of drug-likeness (QED) is 0.522. The second-order valence-corrected chi connectivity index (χ2v) is 4.09. The van der Waals surface area contributed by atoms with Crippen LogP contribution in [0.5, 0.6) is 0 Å². The normalized spacial score (nSPS) is 12.8. The van der Waals surface area contributed by atoms with Gasteiger partial charge in [-0.2, -0.15) is 0 Å². The molecule has 0 aliphatic carbocycles. The van der Waals surface area contributed by atoms with E-state index in [0.29, 0.717) is 11.7 Å². The molecule has 0 amide bonds. The van der Waals surface area contributed by atoms with Gasteiger partial charge >= 0.3 is 0 Å². The minimum atomic E-state index is 0.467. The van der Waals surface area contributed by atoms with Gasteiger partial charge in [0.15, 0.2) is 0 Å². The molecule has 1 nitrogen and oxygen atoms in total. The van der Waals surface area contributed by atoms with Gasteiger partial charge < -0.3 is 0 Å². The van der Waals surface area contributed by atoms with E-state index in [1.807, 2.05) is 0 Å². The smallest absolute Gasteiger partial charge is 0.133 e. The van der Waals surface area contributed by atoms with Crippen LogP contribution in [0, 0.1) is 5.92 Å². The van der Waals surface area contributed by atoms with Crippen LogP contribution in [0.3, 0.4) is 0 Å². The average molecular weight is 184 g/mol. The first-order valence-electron chi connectivity index (χ1n) is 5.72. The molecule has 13 heavy (non-hydrogen) atoms. The van der Waals surface area contributed by atoms with Crippen LogP contribution in [0.15, 0.2) is 0 Å². The zero-order valence-electron chi connectivity index (χ0n) is 9.44. The van der Waals surface area contributed by atoms with Crippen molar-refractivity contribution in [1.29, 1.82) is 0 Å². The highest BCUT2D eigenvalue weighted by Crippen LogP contribution is 2.12. The molecule has 0 spiro atoms. The maximum absolute atomic E-state index is 11.4. The van der Waals surface area contributed by atoms with Gasteiger partial charge in [-0.1, -0.05) is 46.5 Å². The second-order valence-electron chi connectivity index (χ2n) is 4.09. The van der Waals surface area contributed by atoms with E-state index in [1.165, 1.54) is 25.7 Å². The highest BCUT2D eigenvalue weighted by molar-refractivity contribution is 5.78. The number of Topliss-reactive ketones (excluding diaryl/α,β-unsaturated/α-hetero) is 1. The number of carbonyl (C=O) groups is 1. The molecule has 0 saturated carbocycles. The Morgan fingerprint density at radius 3 is 2.38 bits per heavy atom. The summed E-state index contributed by atoms with van der Waals surface area (Å²) in [4.78, 5) is 11.4. The van der Waals surface area contributed by atoms with Crippen LogP contribution in [0.1, 0.15) is 65.7 Å². The standard InChI is InChI=1S/C12H24O/c1-4-6-7-9-12(13)10-11(3)8-5-2/h11H,4-10H2,1-3H3. The molecule has 1 atom stereocenters. The molecule has 0 aromatic carbocycles. The van der Waals surface area contributed by atoms with Crippen molar-refractivity contribution in [2.45, 2.75) is 65.7 Å². The first kappa shape index (κ1) is 12.7. The largest absolute Gasteiger partial charge is 0.300 e. The molecule has 0 fully saturated rings. The zero-order chi connectivity index (χ0) is 10.1. The van der Waals surface area contributed by atoms with Crippen LogP contribution < -0.4 is 0 Å². The third kappa shape index (κ3) is 8.01. The molecule has 0 rings (SSSR count). The lowest BCUT2D eigenvalue weighted by Crippen LogP contribution is -2.05. The SMILES string of the molecule is CCCCCC(=O)CC(C)CCC. The molecule has 1 unspecified atom stereocenters. The van der Waals surface area contributed by atoms with Gasteiger partial charge in [0.25, 0.3) is 0 Å². The highest BCUT2D eigenvalue weighted by atomic mass is 16.1. The maximum Gasteiger partial charge on any atom is 0.133 e. The van der Waals surface area contributed by atoms with Crippen molar-refractivity contribution in [3.8, 4) is 0 Å². The van der Waals surface area contributed by atoms with Gasteiger partial charge in [0.2, 0.25) is 0 Å². The summed E-state index contributed by atoms with van der Waals surface area (Å²) in [5.41, 5.74) is 0. The number of hydrogen-bond acceptors (Lipinski definition) is 1. The fraction of sp³-hybridized carbons (Fsp3) is 0.917. The van der Waals surface area contributed by atoms with Gasteiger partial charge in [-0.25, -0.2) is 0 Å². The lowest BCUT2D eigenvalue weighted by Gasteiger charge is -2.08. The molecule has 0 N–H and O–H groups in total. The Morgan fingerprint density at radius 2 is 1.85 bits per heavy atom. The summed E-state index contributed by atoms with van der Waals surface area (Å²) in [5.74, 6) is 1.06. The summed E-state index contributed by atoms with van der Waals surface area (Å²) in [6, 6.07) is 0. The van der Waals surface area contributed by atoms with Crippen molar-refractivity contribution >= 4 is 5.78 Å². The molecule has 0 bridgehead atoms.